The minimum Gasteiger partial charge on any atom is -0.299 e. The zero-order valence-corrected chi connectivity index (χ0v) is 10.4. The number of carbonyl (C=O) groups excluding carboxylic acids is 2. The van der Waals surface area contributed by atoms with Gasteiger partial charge in [-0.15, -0.1) is 0 Å². The lowest BCUT2D eigenvalue weighted by molar-refractivity contribution is -0.136. The first-order valence-corrected chi connectivity index (χ1v) is 6.11. The van der Waals surface area contributed by atoms with Crippen molar-refractivity contribution in [3.63, 3.8) is 0 Å². The van der Waals surface area contributed by atoms with Gasteiger partial charge in [-0.25, -0.2) is 0 Å². The third kappa shape index (κ3) is 1.30. The molecule has 0 heterocycles. The fourth-order valence-electron chi connectivity index (χ4n) is 3.66. The predicted octanol–water partition coefficient (Wildman–Crippen LogP) is 3.14. The highest BCUT2D eigenvalue weighted by Gasteiger charge is 2.60. The van der Waals surface area contributed by atoms with Gasteiger partial charge in [-0.2, -0.15) is 0 Å². The normalized spacial score (nSPS) is 23.5. The molecule has 0 saturated heterocycles. The van der Waals surface area contributed by atoms with Gasteiger partial charge in [0, 0.05) is 10.8 Å². The Morgan fingerprint density at radius 2 is 1.07 bits per heavy atom. The standard InChI is InChI=1S/C13H22O2/c1-5-12(6-2)10(14)9-11(15)13(12,7-3)8-4/h5-9H2,1-4H3. The zero-order valence-electron chi connectivity index (χ0n) is 10.4. The molecular weight excluding hydrogens is 188 g/mol. The van der Waals surface area contributed by atoms with E-state index in [9.17, 15) is 9.59 Å². The molecule has 1 fully saturated rings. The maximum absolute atomic E-state index is 12.1. The van der Waals surface area contributed by atoms with Gasteiger partial charge < -0.3 is 0 Å². The molecule has 1 aliphatic rings. The Bertz CT molecular complexity index is 242. The van der Waals surface area contributed by atoms with Crippen LogP contribution in [0.3, 0.4) is 0 Å². The first kappa shape index (κ1) is 12.4. The van der Waals surface area contributed by atoms with E-state index in [4.69, 9.17) is 0 Å². The molecule has 0 bridgehead atoms. The van der Waals surface area contributed by atoms with E-state index in [-0.39, 0.29) is 28.8 Å². The van der Waals surface area contributed by atoms with Gasteiger partial charge in [0.05, 0.1) is 6.42 Å². The van der Waals surface area contributed by atoms with E-state index < -0.39 is 0 Å². The Balaban J connectivity index is 3.31. The Hall–Kier alpha value is -0.660. The third-order valence-corrected chi connectivity index (χ3v) is 4.72. The molecule has 2 nitrogen and oxygen atoms in total. The molecule has 86 valence electrons. The monoisotopic (exact) mass is 210 g/mol. The first-order chi connectivity index (χ1) is 7.04. The summed E-state index contributed by atoms with van der Waals surface area (Å²) in [6, 6.07) is 0. The number of rotatable bonds is 4. The summed E-state index contributed by atoms with van der Waals surface area (Å²) in [5.41, 5.74) is -0.735. The van der Waals surface area contributed by atoms with E-state index in [1.54, 1.807) is 0 Å². The average Bonchev–Trinajstić information content (AvgIpc) is 2.46. The minimum atomic E-state index is -0.367. The molecule has 0 aromatic heterocycles. The van der Waals surface area contributed by atoms with Gasteiger partial charge >= 0.3 is 0 Å². The summed E-state index contributed by atoms with van der Waals surface area (Å²) in [5, 5.41) is 0. The van der Waals surface area contributed by atoms with E-state index in [2.05, 4.69) is 0 Å². The molecule has 0 radical (unpaired) electrons. The first-order valence-electron chi connectivity index (χ1n) is 6.11. The quantitative estimate of drug-likeness (QED) is 0.668. The van der Waals surface area contributed by atoms with Crippen LogP contribution in [0.4, 0.5) is 0 Å². The molecule has 0 unspecified atom stereocenters. The molecule has 0 atom stereocenters. The van der Waals surface area contributed by atoms with Crippen molar-refractivity contribution in [2.24, 2.45) is 10.8 Å². The number of Topliss-reactive ketones (excluding diaryl/α,β-unsaturated/α-hetero) is 2. The number of hydrogen-bond donors (Lipinski definition) is 0. The molecule has 0 aromatic carbocycles. The van der Waals surface area contributed by atoms with Crippen molar-refractivity contribution in [2.45, 2.75) is 59.8 Å². The molecule has 15 heavy (non-hydrogen) atoms. The Morgan fingerprint density at radius 1 is 0.800 bits per heavy atom. The summed E-state index contributed by atoms with van der Waals surface area (Å²) in [4.78, 5) is 24.2. The van der Waals surface area contributed by atoms with E-state index >= 15 is 0 Å². The van der Waals surface area contributed by atoms with E-state index in [0.717, 1.165) is 25.7 Å². The summed E-state index contributed by atoms with van der Waals surface area (Å²) in [6.07, 6.45) is 3.38. The molecule has 0 aromatic rings. The number of carbonyl (C=O) groups is 2. The van der Waals surface area contributed by atoms with Gasteiger partial charge in [0.2, 0.25) is 0 Å². The summed E-state index contributed by atoms with van der Waals surface area (Å²) in [6.45, 7) is 8.17. The van der Waals surface area contributed by atoms with Crippen molar-refractivity contribution in [1.82, 2.24) is 0 Å². The maximum atomic E-state index is 12.1. The predicted molar refractivity (Wildman–Crippen MR) is 60.7 cm³/mol. The van der Waals surface area contributed by atoms with Crippen molar-refractivity contribution in [2.75, 3.05) is 0 Å². The second-order valence-corrected chi connectivity index (χ2v) is 4.60. The van der Waals surface area contributed by atoms with Crippen LogP contribution in [0.1, 0.15) is 59.8 Å². The van der Waals surface area contributed by atoms with Gasteiger partial charge in [0.1, 0.15) is 11.6 Å². The molecular formula is C13H22O2. The lowest BCUT2D eigenvalue weighted by atomic mass is 9.59. The zero-order chi connectivity index (χ0) is 11.7. The molecule has 0 spiro atoms. The highest BCUT2D eigenvalue weighted by Crippen LogP contribution is 2.56. The maximum Gasteiger partial charge on any atom is 0.147 e. The number of hydrogen-bond acceptors (Lipinski definition) is 2. The van der Waals surface area contributed by atoms with Crippen LogP contribution in [-0.4, -0.2) is 11.6 Å². The van der Waals surface area contributed by atoms with Crippen LogP contribution in [0.2, 0.25) is 0 Å². The fraction of sp³-hybridized carbons (Fsp3) is 0.846. The molecule has 2 heteroatoms. The van der Waals surface area contributed by atoms with Crippen molar-refractivity contribution < 1.29 is 9.59 Å². The minimum absolute atomic E-state index is 0.170. The molecule has 0 amide bonds. The van der Waals surface area contributed by atoms with Crippen molar-refractivity contribution >= 4 is 11.6 Å². The van der Waals surface area contributed by atoms with Crippen LogP contribution < -0.4 is 0 Å². The lowest BCUT2D eigenvalue weighted by Crippen LogP contribution is -2.43. The lowest BCUT2D eigenvalue weighted by Gasteiger charge is -2.41. The highest BCUT2D eigenvalue weighted by molar-refractivity contribution is 6.12. The summed E-state index contributed by atoms with van der Waals surface area (Å²) >= 11 is 0. The summed E-state index contributed by atoms with van der Waals surface area (Å²) in [7, 11) is 0. The van der Waals surface area contributed by atoms with Gasteiger partial charge in [-0.1, -0.05) is 27.7 Å². The average molecular weight is 210 g/mol. The van der Waals surface area contributed by atoms with Crippen LogP contribution >= 0.6 is 0 Å². The van der Waals surface area contributed by atoms with Gasteiger partial charge in [-0.05, 0) is 25.7 Å². The smallest absolute Gasteiger partial charge is 0.147 e. The largest absolute Gasteiger partial charge is 0.299 e. The SMILES string of the molecule is CCC1(CC)C(=O)CC(=O)C1(CC)CC. The van der Waals surface area contributed by atoms with Crippen LogP contribution in [0.15, 0.2) is 0 Å². The van der Waals surface area contributed by atoms with Gasteiger partial charge in [-0.3, -0.25) is 9.59 Å². The summed E-state index contributed by atoms with van der Waals surface area (Å²) in [5.74, 6) is 0.363. The van der Waals surface area contributed by atoms with Crippen LogP contribution in [0.25, 0.3) is 0 Å². The van der Waals surface area contributed by atoms with Crippen molar-refractivity contribution in [3.05, 3.63) is 0 Å². The highest BCUT2D eigenvalue weighted by atomic mass is 16.2. The van der Waals surface area contributed by atoms with Crippen molar-refractivity contribution in [1.29, 1.82) is 0 Å². The van der Waals surface area contributed by atoms with E-state index in [1.165, 1.54) is 0 Å². The molecule has 1 aliphatic carbocycles. The number of ketones is 2. The topological polar surface area (TPSA) is 34.1 Å². The van der Waals surface area contributed by atoms with E-state index in [0.29, 0.717) is 0 Å². The van der Waals surface area contributed by atoms with Crippen LogP contribution in [0, 0.1) is 10.8 Å². The van der Waals surface area contributed by atoms with Gasteiger partial charge in [0.15, 0.2) is 0 Å². The second kappa shape index (κ2) is 4.07. The Kier molecular flexibility index (Phi) is 3.37. The molecule has 1 rings (SSSR count). The molecule has 1 saturated carbocycles. The Morgan fingerprint density at radius 3 is 1.27 bits per heavy atom. The van der Waals surface area contributed by atoms with Crippen LogP contribution in [-0.2, 0) is 9.59 Å². The second-order valence-electron chi connectivity index (χ2n) is 4.60. The van der Waals surface area contributed by atoms with Crippen molar-refractivity contribution in [3.8, 4) is 0 Å². The van der Waals surface area contributed by atoms with E-state index in [1.807, 2.05) is 27.7 Å². The molecule has 0 N–H and O–H groups in total. The summed E-state index contributed by atoms with van der Waals surface area (Å²) < 4.78 is 0. The third-order valence-electron chi connectivity index (χ3n) is 4.72. The Labute approximate surface area is 92.4 Å². The van der Waals surface area contributed by atoms with Crippen LogP contribution in [0.5, 0.6) is 0 Å². The fourth-order valence-corrected chi connectivity index (χ4v) is 3.66. The van der Waals surface area contributed by atoms with Gasteiger partial charge in [0.25, 0.3) is 0 Å². The molecule has 0 aliphatic heterocycles.